The minimum absolute atomic E-state index is 0.244. The third-order valence-corrected chi connectivity index (χ3v) is 3.73. The normalized spacial score (nSPS) is 9.87. The maximum absolute atomic E-state index is 8.70. The Kier molecular flexibility index (Phi) is 3.16. The fourth-order valence-electron chi connectivity index (χ4n) is 0.823. The highest BCUT2D eigenvalue weighted by Crippen LogP contribution is 2.32. The van der Waals surface area contributed by atoms with Crippen LogP contribution < -0.4 is 0 Å². The zero-order valence-corrected chi connectivity index (χ0v) is 9.60. The molecule has 0 aliphatic heterocycles. The molecule has 0 saturated carbocycles. The fourth-order valence-corrected chi connectivity index (χ4v) is 2.87. The number of rotatable bonds is 2. The molecule has 2 aromatic rings. The third-order valence-electron chi connectivity index (χ3n) is 1.40. The van der Waals surface area contributed by atoms with E-state index in [-0.39, 0.29) is 5.15 Å². The van der Waals surface area contributed by atoms with Crippen molar-refractivity contribution in [1.29, 1.82) is 5.26 Å². The minimum atomic E-state index is 0.244. The maximum atomic E-state index is 8.70. The van der Waals surface area contributed by atoms with Crippen LogP contribution in [-0.2, 0) is 0 Å². The Labute approximate surface area is 99.0 Å². The first-order valence-electron chi connectivity index (χ1n) is 3.80. The Bertz CT molecular complexity index is 505. The summed E-state index contributed by atoms with van der Waals surface area (Å²) in [5.74, 6) is 0. The Balaban J connectivity index is 2.23. The molecule has 2 aromatic heterocycles. The summed E-state index contributed by atoms with van der Waals surface area (Å²) in [5, 5.41) is 9.67. The summed E-state index contributed by atoms with van der Waals surface area (Å²) in [5.41, 5.74) is 0. The zero-order valence-electron chi connectivity index (χ0n) is 7.22. The van der Waals surface area contributed by atoms with E-state index in [1.807, 2.05) is 6.07 Å². The molecule has 0 bridgehead atoms. The van der Waals surface area contributed by atoms with Crippen molar-refractivity contribution in [2.45, 2.75) is 9.37 Å². The summed E-state index contributed by atoms with van der Waals surface area (Å²) in [4.78, 5) is 12.5. The highest BCUT2D eigenvalue weighted by atomic mass is 35.5. The van der Waals surface area contributed by atoms with E-state index in [0.29, 0.717) is 9.22 Å². The van der Waals surface area contributed by atoms with E-state index >= 15 is 0 Å². The van der Waals surface area contributed by atoms with Gasteiger partial charge in [-0.05, 0) is 11.8 Å². The molecule has 74 valence electrons. The van der Waals surface area contributed by atoms with Crippen molar-refractivity contribution in [3.05, 3.63) is 28.6 Å². The number of nitriles is 1. The first kappa shape index (κ1) is 10.4. The lowest BCUT2D eigenvalue weighted by Crippen LogP contribution is -1.79. The van der Waals surface area contributed by atoms with E-state index < -0.39 is 0 Å². The molecule has 0 amide bonds. The van der Waals surface area contributed by atoms with Gasteiger partial charge in [-0.3, -0.25) is 4.98 Å². The smallest absolute Gasteiger partial charge is 0.159 e. The molecular formula is C8H3ClN4S2. The average molecular weight is 255 g/mol. The predicted octanol–water partition coefficient (Wildman–Crippen LogP) is 2.61. The van der Waals surface area contributed by atoms with Crippen LogP contribution in [0.5, 0.6) is 0 Å². The van der Waals surface area contributed by atoms with Crippen molar-refractivity contribution >= 4 is 34.7 Å². The molecule has 0 aromatic carbocycles. The molecule has 2 rings (SSSR count). The van der Waals surface area contributed by atoms with Crippen LogP contribution in [0.1, 0.15) is 4.88 Å². The number of aromatic nitrogens is 3. The summed E-state index contributed by atoms with van der Waals surface area (Å²) < 4.78 is 0.692. The molecule has 0 spiro atoms. The second-order valence-corrected chi connectivity index (χ2v) is 4.98. The zero-order chi connectivity index (χ0) is 10.7. The minimum Gasteiger partial charge on any atom is -0.260 e. The lowest BCUT2D eigenvalue weighted by Gasteiger charge is -1.92. The van der Waals surface area contributed by atoms with Gasteiger partial charge in [-0.2, -0.15) is 5.26 Å². The van der Waals surface area contributed by atoms with E-state index in [1.165, 1.54) is 23.1 Å². The molecular weight excluding hydrogens is 252 g/mol. The summed E-state index contributed by atoms with van der Waals surface area (Å²) >= 11 is 8.32. The summed E-state index contributed by atoms with van der Waals surface area (Å²) in [6, 6.07) is 1.98. The maximum Gasteiger partial charge on any atom is 0.159 e. The fraction of sp³-hybridized carbons (Fsp3) is 0. The van der Waals surface area contributed by atoms with E-state index in [0.717, 1.165) is 5.03 Å². The van der Waals surface area contributed by atoms with Crippen LogP contribution in [0.3, 0.4) is 0 Å². The van der Waals surface area contributed by atoms with Crippen LogP contribution in [0, 0.1) is 11.3 Å². The van der Waals surface area contributed by atoms with Crippen LogP contribution in [0.25, 0.3) is 0 Å². The lowest BCUT2D eigenvalue weighted by molar-refractivity contribution is 1.05. The van der Waals surface area contributed by atoms with E-state index in [1.54, 1.807) is 18.6 Å². The van der Waals surface area contributed by atoms with Gasteiger partial charge in [-0.25, -0.2) is 9.97 Å². The van der Waals surface area contributed by atoms with Crippen molar-refractivity contribution in [2.24, 2.45) is 0 Å². The molecule has 0 N–H and O–H groups in total. The Morgan fingerprint density at radius 1 is 1.47 bits per heavy atom. The lowest BCUT2D eigenvalue weighted by atomic mass is 10.6. The Hall–Kier alpha value is -1.16. The number of halogens is 1. The van der Waals surface area contributed by atoms with Crippen molar-refractivity contribution in [3.63, 3.8) is 0 Å². The number of thiazole rings is 1. The molecule has 0 unspecified atom stereocenters. The number of hydrogen-bond donors (Lipinski definition) is 0. The van der Waals surface area contributed by atoms with Crippen LogP contribution in [-0.4, -0.2) is 15.0 Å². The quantitative estimate of drug-likeness (QED) is 0.824. The second kappa shape index (κ2) is 4.57. The molecule has 0 fully saturated rings. The summed E-state index contributed by atoms with van der Waals surface area (Å²) in [6.07, 6.45) is 4.83. The van der Waals surface area contributed by atoms with Gasteiger partial charge in [0.1, 0.15) is 16.0 Å². The molecule has 0 saturated heterocycles. The summed E-state index contributed by atoms with van der Waals surface area (Å²) in [7, 11) is 0. The largest absolute Gasteiger partial charge is 0.260 e. The van der Waals surface area contributed by atoms with Crippen LogP contribution in [0.4, 0.5) is 0 Å². The Morgan fingerprint density at radius 3 is 2.93 bits per heavy atom. The van der Waals surface area contributed by atoms with E-state index in [9.17, 15) is 0 Å². The standard InChI is InChI=1S/C8H3ClN4S2/c9-7-5(3-10)14-8(13-7)15-6-4-11-1-2-12-6/h1-2,4H. The molecule has 0 aliphatic rings. The highest BCUT2D eigenvalue weighted by Gasteiger charge is 2.10. The molecule has 7 heteroatoms. The highest BCUT2D eigenvalue weighted by molar-refractivity contribution is 8.01. The first-order valence-corrected chi connectivity index (χ1v) is 5.81. The number of nitrogens with zero attached hydrogens (tertiary/aromatic N) is 4. The first-order chi connectivity index (χ1) is 7.29. The van der Waals surface area contributed by atoms with E-state index in [2.05, 4.69) is 15.0 Å². The molecule has 0 radical (unpaired) electrons. The Morgan fingerprint density at radius 2 is 2.33 bits per heavy atom. The predicted molar refractivity (Wildman–Crippen MR) is 58.0 cm³/mol. The molecule has 2 heterocycles. The van der Waals surface area contributed by atoms with Crippen molar-refractivity contribution in [3.8, 4) is 6.07 Å². The average Bonchev–Trinajstić information content (AvgIpc) is 2.60. The second-order valence-electron chi connectivity index (χ2n) is 2.36. The van der Waals surface area contributed by atoms with Gasteiger partial charge < -0.3 is 0 Å². The van der Waals surface area contributed by atoms with Gasteiger partial charge in [0.2, 0.25) is 0 Å². The van der Waals surface area contributed by atoms with Crippen molar-refractivity contribution in [1.82, 2.24) is 15.0 Å². The monoisotopic (exact) mass is 254 g/mol. The SMILES string of the molecule is N#Cc1sc(Sc2cnccn2)nc1Cl. The van der Waals surface area contributed by atoms with Gasteiger partial charge in [0.15, 0.2) is 9.49 Å². The van der Waals surface area contributed by atoms with Gasteiger partial charge in [0.25, 0.3) is 0 Å². The van der Waals surface area contributed by atoms with Gasteiger partial charge in [0, 0.05) is 12.4 Å². The third kappa shape index (κ3) is 2.45. The van der Waals surface area contributed by atoms with Crippen LogP contribution in [0.2, 0.25) is 5.15 Å². The molecule has 0 atom stereocenters. The van der Waals surface area contributed by atoms with Gasteiger partial charge in [0.05, 0.1) is 6.20 Å². The van der Waals surface area contributed by atoms with Crippen molar-refractivity contribution in [2.75, 3.05) is 0 Å². The van der Waals surface area contributed by atoms with Gasteiger partial charge in [-0.1, -0.05) is 22.9 Å². The van der Waals surface area contributed by atoms with Crippen LogP contribution in [0.15, 0.2) is 28.0 Å². The summed E-state index contributed by atoms with van der Waals surface area (Å²) in [6.45, 7) is 0. The number of hydrogen-bond acceptors (Lipinski definition) is 6. The van der Waals surface area contributed by atoms with Crippen molar-refractivity contribution < 1.29 is 0 Å². The van der Waals surface area contributed by atoms with Crippen LogP contribution >= 0.6 is 34.7 Å². The molecule has 4 nitrogen and oxygen atoms in total. The van der Waals surface area contributed by atoms with Gasteiger partial charge >= 0.3 is 0 Å². The topological polar surface area (TPSA) is 62.5 Å². The van der Waals surface area contributed by atoms with E-state index in [4.69, 9.17) is 16.9 Å². The molecule has 15 heavy (non-hydrogen) atoms. The van der Waals surface area contributed by atoms with Gasteiger partial charge in [-0.15, -0.1) is 0 Å². The molecule has 0 aliphatic carbocycles.